The molecule has 0 spiro atoms. The summed E-state index contributed by atoms with van der Waals surface area (Å²) in [5, 5.41) is 4.67. The molecule has 2 aromatic heterocycles. The van der Waals surface area contributed by atoms with Crippen molar-refractivity contribution in [1.82, 2.24) is 14.6 Å². The summed E-state index contributed by atoms with van der Waals surface area (Å²) in [4.78, 5) is 4.26. The SMILES string of the molecule is Clc1cc(C2CC2)c2nccn2n1.Fc1cccc(OC(F)(F)F)c1. The van der Waals surface area contributed by atoms with Gasteiger partial charge in [-0.3, -0.25) is 0 Å². The van der Waals surface area contributed by atoms with Crippen LogP contribution < -0.4 is 4.74 Å². The Morgan fingerprint density at radius 2 is 1.96 bits per heavy atom. The van der Waals surface area contributed by atoms with Gasteiger partial charge in [-0.15, -0.1) is 13.2 Å². The highest BCUT2D eigenvalue weighted by atomic mass is 35.5. The van der Waals surface area contributed by atoms with Crippen molar-refractivity contribution < 1.29 is 22.3 Å². The van der Waals surface area contributed by atoms with E-state index in [9.17, 15) is 17.6 Å². The van der Waals surface area contributed by atoms with Crippen LogP contribution in [0.15, 0.2) is 42.7 Å². The van der Waals surface area contributed by atoms with E-state index in [0.29, 0.717) is 17.1 Å². The highest BCUT2D eigenvalue weighted by Gasteiger charge is 2.31. The maximum Gasteiger partial charge on any atom is 0.573 e. The zero-order valence-electron chi connectivity index (χ0n) is 12.7. The zero-order chi connectivity index (χ0) is 18.0. The van der Waals surface area contributed by atoms with Gasteiger partial charge in [0.25, 0.3) is 0 Å². The minimum absolute atomic E-state index is 0.549. The lowest BCUT2D eigenvalue weighted by atomic mass is 10.2. The number of fused-ring (bicyclic) bond motifs is 1. The smallest absolute Gasteiger partial charge is 0.406 e. The van der Waals surface area contributed by atoms with Gasteiger partial charge in [0.2, 0.25) is 0 Å². The lowest BCUT2D eigenvalue weighted by Gasteiger charge is -2.07. The molecule has 1 aliphatic carbocycles. The van der Waals surface area contributed by atoms with Gasteiger partial charge in [0, 0.05) is 24.0 Å². The highest BCUT2D eigenvalue weighted by molar-refractivity contribution is 6.29. The fraction of sp³-hybridized carbons (Fsp3) is 0.250. The van der Waals surface area contributed by atoms with Gasteiger partial charge in [-0.2, -0.15) is 5.10 Å². The maximum absolute atomic E-state index is 12.3. The summed E-state index contributed by atoms with van der Waals surface area (Å²) in [6.45, 7) is 0. The summed E-state index contributed by atoms with van der Waals surface area (Å²) in [5.74, 6) is -0.662. The van der Waals surface area contributed by atoms with E-state index in [1.54, 1.807) is 10.7 Å². The van der Waals surface area contributed by atoms with Gasteiger partial charge in [0.1, 0.15) is 16.7 Å². The minimum Gasteiger partial charge on any atom is -0.406 e. The first kappa shape index (κ1) is 17.5. The first-order valence-electron chi connectivity index (χ1n) is 7.33. The van der Waals surface area contributed by atoms with Crippen molar-refractivity contribution in [2.75, 3.05) is 0 Å². The normalized spacial score (nSPS) is 14.1. The summed E-state index contributed by atoms with van der Waals surface area (Å²) in [7, 11) is 0. The molecule has 4 nitrogen and oxygen atoms in total. The van der Waals surface area contributed by atoms with Crippen LogP contribution in [0, 0.1) is 5.82 Å². The monoisotopic (exact) mass is 373 g/mol. The third-order valence-electron chi connectivity index (χ3n) is 3.40. The number of rotatable bonds is 2. The fourth-order valence-electron chi connectivity index (χ4n) is 2.27. The van der Waals surface area contributed by atoms with Crippen molar-refractivity contribution in [1.29, 1.82) is 0 Å². The molecule has 0 radical (unpaired) electrons. The van der Waals surface area contributed by atoms with Crippen LogP contribution in [0.1, 0.15) is 24.3 Å². The number of hydrogen-bond acceptors (Lipinski definition) is 3. The molecule has 1 aliphatic rings. The number of hydrogen-bond donors (Lipinski definition) is 0. The molecule has 1 aromatic carbocycles. The Labute approximate surface area is 145 Å². The molecule has 1 fully saturated rings. The second-order valence-electron chi connectivity index (χ2n) is 5.40. The Morgan fingerprint density at radius 1 is 1.20 bits per heavy atom. The molecule has 0 N–H and O–H groups in total. The number of halogens is 5. The van der Waals surface area contributed by atoms with Crippen LogP contribution in [-0.4, -0.2) is 21.0 Å². The van der Waals surface area contributed by atoms with Gasteiger partial charge in [0.15, 0.2) is 5.65 Å². The predicted octanol–water partition coefficient (Wildman–Crippen LogP) is 4.98. The van der Waals surface area contributed by atoms with Gasteiger partial charge in [0.05, 0.1) is 0 Å². The summed E-state index contributed by atoms with van der Waals surface area (Å²) in [6, 6.07) is 5.78. The van der Waals surface area contributed by atoms with E-state index in [-0.39, 0.29) is 0 Å². The number of alkyl halides is 3. The Bertz CT molecular complexity index is 877. The summed E-state index contributed by atoms with van der Waals surface area (Å²) >= 11 is 5.89. The van der Waals surface area contributed by atoms with Crippen LogP contribution in [0.5, 0.6) is 5.75 Å². The topological polar surface area (TPSA) is 39.4 Å². The average molecular weight is 374 g/mol. The van der Waals surface area contributed by atoms with Crippen molar-refractivity contribution in [3.05, 3.63) is 59.3 Å². The lowest BCUT2D eigenvalue weighted by molar-refractivity contribution is -0.274. The van der Waals surface area contributed by atoms with Crippen molar-refractivity contribution in [3.8, 4) is 5.75 Å². The Hall–Kier alpha value is -2.35. The maximum atomic E-state index is 12.3. The average Bonchev–Trinajstić information content (AvgIpc) is 3.24. The van der Waals surface area contributed by atoms with E-state index in [2.05, 4.69) is 14.8 Å². The van der Waals surface area contributed by atoms with Crippen LogP contribution in [0.25, 0.3) is 5.65 Å². The van der Waals surface area contributed by atoms with Crippen LogP contribution in [0.3, 0.4) is 0 Å². The van der Waals surface area contributed by atoms with Gasteiger partial charge in [-0.05, 0) is 37.0 Å². The van der Waals surface area contributed by atoms with Crippen molar-refractivity contribution >= 4 is 17.2 Å². The largest absolute Gasteiger partial charge is 0.573 e. The quantitative estimate of drug-likeness (QED) is 0.594. The zero-order valence-corrected chi connectivity index (χ0v) is 13.4. The first-order chi connectivity index (χ1) is 11.8. The standard InChI is InChI=1S/C9H8ClN3.C7H4F4O/c10-8-5-7(6-1-2-6)9-11-3-4-13(9)12-8;8-5-2-1-3-6(4-5)12-7(9,10)11/h3-6H,1-2H2;1-4H. The molecule has 9 heteroatoms. The number of aromatic nitrogens is 3. The minimum atomic E-state index is -4.77. The van der Waals surface area contributed by atoms with Crippen LogP contribution in [0.4, 0.5) is 17.6 Å². The van der Waals surface area contributed by atoms with Crippen molar-refractivity contribution in [2.24, 2.45) is 0 Å². The molecule has 4 rings (SSSR count). The Balaban J connectivity index is 0.000000147. The van der Waals surface area contributed by atoms with Gasteiger partial charge >= 0.3 is 6.36 Å². The molecule has 132 valence electrons. The second kappa shape index (κ2) is 6.87. The highest BCUT2D eigenvalue weighted by Crippen LogP contribution is 2.41. The van der Waals surface area contributed by atoms with Gasteiger partial charge < -0.3 is 4.74 Å². The van der Waals surface area contributed by atoms with E-state index in [0.717, 1.165) is 23.8 Å². The number of nitrogens with zero attached hydrogens (tertiary/aromatic N) is 3. The van der Waals surface area contributed by atoms with E-state index in [4.69, 9.17) is 11.6 Å². The lowest BCUT2D eigenvalue weighted by Crippen LogP contribution is -2.17. The van der Waals surface area contributed by atoms with Gasteiger partial charge in [-0.1, -0.05) is 17.7 Å². The van der Waals surface area contributed by atoms with Crippen molar-refractivity contribution in [3.63, 3.8) is 0 Å². The van der Waals surface area contributed by atoms with E-state index in [1.807, 2.05) is 12.3 Å². The number of benzene rings is 1. The van der Waals surface area contributed by atoms with Gasteiger partial charge in [-0.25, -0.2) is 13.9 Å². The summed E-state index contributed by atoms with van der Waals surface area (Å²) < 4.78 is 52.1. The molecule has 0 unspecified atom stereocenters. The predicted molar refractivity (Wildman–Crippen MR) is 83.1 cm³/mol. The first-order valence-corrected chi connectivity index (χ1v) is 7.71. The molecule has 2 heterocycles. The molecule has 1 saturated carbocycles. The van der Waals surface area contributed by atoms with E-state index < -0.39 is 17.9 Å². The molecule has 0 aliphatic heterocycles. The summed E-state index contributed by atoms with van der Waals surface area (Å²) in [6.07, 6.45) is 1.32. The van der Waals surface area contributed by atoms with Crippen LogP contribution in [0.2, 0.25) is 5.15 Å². The molecule has 0 bridgehead atoms. The Morgan fingerprint density at radius 3 is 2.60 bits per heavy atom. The molecule has 3 aromatic rings. The molecular weight excluding hydrogens is 362 g/mol. The molecule has 25 heavy (non-hydrogen) atoms. The fourth-order valence-corrected chi connectivity index (χ4v) is 2.47. The number of ether oxygens (including phenoxy) is 1. The van der Waals surface area contributed by atoms with Crippen molar-refractivity contribution in [2.45, 2.75) is 25.1 Å². The van der Waals surface area contributed by atoms with Crippen LogP contribution >= 0.6 is 11.6 Å². The van der Waals surface area contributed by atoms with E-state index >= 15 is 0 Å². The third-order valence-corrected chi connectivity index (χ3v) is 3.59. The molecular formula is C16H12ClF4N3O. The second-order valence-corrected chi connectivity index (χ2v) is 5.78. The van der Waals surface area contributed by atoms with E-state index in [1.165, 1.54) is 18.4 Å². The number of imidazole rings is 1. The summed E-state index contributed by atoms with van der Waals surface area (Å²) in [5.41, 5.74) is 2.19. The van der Waals surface area contributed by atoms with Crippen LogP contribution in [-0.2, 0) is 0 Å². The third kappa shape index (κ3) is 4.82. The molecule has 0 amide bonds. The molecule has 0 atom stereocenters. The Kier molecular flexibility index (Phi) is 4.80. The molecule has 0 saturated heterocycles.